The normalized spacial score (nSPS) is 26.1. The standard InChI is InChI=1S/C27H28ClFN4O/c1-16-6-8-17(9-7-16)23-14-21(27(34)30-15-19-4-2-3-5-22(19)28)24-25(32-33-26(24)31-23)18-10-12-20(29)13-11-18/h2-13,21,23-26,31-33H,14-15H2,1H3,(H,30,34). The van der Waals surface area contributed by atoms with E-state index >= 15 is 0 Å². The number of hydrogen-bond donors (Lipinski definition) is 4. The van der Waals surface area contributed by atoms with Gasteiger partial charge in [0.2, 0.25) is 5.91 Å². The zero-order valence-electron chi connectivity index (χ0n) is 18.9. The molecule has 7 heteroatoms. The third-order valence-corrected chi connectivity index (χ3v) is 7.32. The fraction of sp³-hybridized carbons (Fsp3) is 0.296. The molecular formula is C27H28ClFN4O. The highest BCUT2D eigenvalue weighted by atomic mass is 35.5. The molecular weight excluding hydrogens is 451 g/mol. The van der Waals surface area contributed by atoms with Gasteiger partial charge in [-0.25, -0.2) is 15.2 Å². The summed E-state index contributed by atoms with van der Waals surface area (Å²) in [5, 5.41) is 7.43. The number of fused-ring (bicyclic) bond motifs is 1. The van der Waals surface area contributed by atoms with Crippen LogP contribution in [0.2, 0.25) is 5.02 Å². The Labute approximate surface area is 204 Å². The molecule has 0 spiro atoms. The minimum atomic E-state index is -0.276. The van der Waals surface area contributed by atoms with Gasteiger partial charge in [-0.1, -0.05) is 71.8 Å². The summed E-state index contributed by atoms with van der Waals surface area (Å²) in [5.41, 5.74) is 10.9. The van der Waals surface area contributed by atoms with Gasteiger partial charge in [0.25, 0.3) is 0 Å². The first kappa shape index (κ1) is 23.0. The molecule has 2 saturated heterocycles. The first-order valence-corrected chi connectivity index (χ1v) is 12.0. The fourth-order valence-corrected chi connectivity index (χ4v) is 5.32. The van der Waals surface area contributed by atoms with Crippen molar-refractivity contribution in [2.45, 2.75) is 38.1 Å². The van der Waals surface area contributed by atoms with E-state index in [1.54, 1.807) is 12.1 Å². The second-order valence-electron chi connectivity index (χ2n) is 9.15. The number of hydrogen-bond acceptors (Lipinski definition) is 4. The Morgan fingerprint density at radius 2 is 1.71 bits per heavy atom. The largest absolute Gasteiger partial charge is 0.352 e. The number of amides is 1. The lowest BCUT2D eigenvalue weighted by Gasteiger charge is -2.40. The number of carbonyl (C=O) groups excluding carboxylic acids is 1. The highest BCUT2D eigenvalue weighted by molar-refractivity contribution is 6.31. The third-order valence-electron chi connectivity index (χ3n) is 6.96. The summed E-state index contributed by atoms with van der Waals surface area (Å²) in [5.74, 6) is -0.608. The summed E-state index contributed by atoms with van der Waals surface area (Å²) in [7, 11) is 0. The summed E-state index contributed by atoms with van der Waals surface area (Å²) in [6.45, 7) is 2.44. The van der Waals surface area contributed by atoms with Crippen molar-refractivity contribution in [1.29, 1.82) is 0 Å². The van der Waals surface area contributed by atoms with Crippen molar-refractivity contribution in [3.8, 4) is 0 Å². The van der Waals surface area contributed by atoms with Gasteiger partial charge in [0.15, 0.2) is 0 Å². The summed E-state index contributed by atoms with van der Waals surface area (Å²) >= 11 is 6.30. The van der Waals surface area contributed by atoms with Crippen molar-refractivity contribution in [3.05, 3.63) is 106 Å². The van der Waals surface area contributed by atoms with E-state index < -0.39 is 0 Å². The molecule has 0 aliphatic carbocycles. The van der Waals surface area contributed by atoms with Gasteiger partial charge >= 0.3 is 0 Å². The Hall–Kier alpha value is -2.77. The van der Waals surface area contributed by atoms with Crippen molar-refractivity contribution in [2.24, 2.45) is 11.8 Å². The Morgan fingerprint density at radius 1 is 1.00 bits per heavy atom. The van der Waals surface area contributed by atoms with Gasteiger partial charge in [-0.05, 0) is 48.2 Å². The van der Waals surface area contributed by atoms with Crippen LogP contribution in [0.1, 0.15) is 40.8 Å². The van der Waals surface area contributed by atoms with Gasteiger partial charge in [-0.15, -0.1) is 0 Å². The second kappa shape index (κ2) is 9.84. The number of rotatable bonds is 5. The summed E-state index contributed by atoms with van der Waals surface area (Å²) < 4.78 is 13.5. The third kappa shape index (κ3) is 4.72. The lowest BCUT2D eigenvalue weighted by molar-refractivity contribution is -0.129. The van der Waals surface area contributed by atoms with Crippen LogP contribution in [0.25, 0.3) is 0 Å². The molecule has 2 aliphatic heterocycles. The molecule has 2 fully saturated rings. The highest BCUT2D eigenvalue weighted by Crippen LogP contribution is 2.42. The van der Waals surface area contributed by atoms with E-state index in [1.165, 1.54) is 17.7 Å². The fourth-order valence-electron chi connectivity index (χ4n) is 5.12. The maximum absolute atomic E-state index is 13.6. The van der Waals surface area contributed by atoms with Gasteiger partial charge in [0, 0.05) is 29.4 Å². The minimum absolute atomic E-state index is 0.00820. The monoisotopic (exact) mass is 478 g/mol. The van der Waals surface area contributed by atoms with Crippen LogP contribution in [0, 0.1) is 24.6 Å². The minimum Gasteiger partial charge on any atom is -0.352 e. The van der Waals surface area contributed by atoms with Gasteiger partial charge in [-0.2, -0.15) is 0 Å². The summed E-state index contributed by atoms with van der Waals surface area (Å²) in [6.07, 6.45) is 0.533. The Balaban J connectivity index is 1.41. The maximum Gasteiger partial charge on any atom is 0.223 e. The number of nitrogens with one attached hydrogen (secondary N) is 4. The second-order valence-corrected chi connectivity index (χ2v) is 9.56. The molecule has 4 N–H and O–H groups in total. The molecule has 2 aliphatic rings. The zero-order chi connectivity index (χ0) is 23.7. The lowest BCUT2D eigenvalue weighted by atomic mass is 9.74. The van der Waals surface area contributed by atoms with Crippen LogP contribution in [0.15, 0.2) is 72.8 Å². The molecule has 5 unspecified atom stereocenters. The van der Waals surface area contributed by atoms with Crippen molar-refractivity contribution < 1.29 is 9.18 Å². The first-order chi connectivity index (χ1) is 16.5. The number of hydrazine groups is 1. The zero-order valence-corrected chi connectivity index (χ0v) is 19.6. The van der Waals surface area contributed by atoms with Crippen LogP contribution >= 0.6 is 11.6 Å². The lowest BCUT2D eigenvalue weighted by Crippen LogP contribution is -2.54. The van der Waals surface area contributed by atoms with Crippen LogP contribution < -0.4 is 21.5 Å². The number of benzene rings is 3. The molecule has 3 aromatic carbocycles. The number of aryl methyl sites for hydroxylation is 1. The van der Waals surface area contributed by atoms with E-state index in [0.717, 1.165) is 16.7 Å². The summed E-state index contributed by atoms with van der Waals surface area (Å²) in [6, 6.07) is 22.3. The average Bonchev–Trinajstić information content (AvgIpc) is 3.28. The number of carbonyl (C=O) groups is 1. The molecule has 3 aromatic rings. The van der Waals surface area contributed by atoms with E-state index in [1.807, 2.05) is 24.3 Å². The predicted octanol–water partition coefficient (Wildman–Crippen LogP) is 4.55. The van der Waals surface area contributed by atoms with Crippen LogP contribution in [0.5, 0.6) is 0 Å². The number of piperidine rings is 1. The molecule has 0 aromatic heterocycles. The van der Waals surface area contributed by atoms with Crippen LogP contribution in [0.3, 0.4) is 0 Å². The van der Waals surface area contributed by atoms with Gasteiger partial charge in [-0.3, -0.25) is 10.1 Å². The molecule has 2 heterocycles. The van der Waals surface area contributed by atoms with Gasteiger partial charge < -0.3 is 5.32 Å². The molecule has 1 amide bonds. The van der Waals surface area contributed by atoms with Crippen molar-refractivity contribution in [3.63, 3.8) is 0 Å². The van der Waals surface area contributed by atoms with Gasteiger partial charge in [0.05, 0.1) is 12.2 Å². The van der Waals surface area contributed by atoms with E-state index in [2.05, 4.69) is 52.7 Å². The molecule has 5 nitrogen and oxygen atoms in total. The Morgan fingerprint density at radius 3 is 2.44 bits per heavy atom. The first-order valence-electron chi connectivity index (χ1n) is 11.6. The topological polar surface area (TPSA) is 65.2 Å². The molecule has 176 valence electrons. The molecule has 0 radical (unpaired) electrons. The average molecular weight is 479 g/mol. The quantitative estimate of drug-likeness (QED) is 0.434. The Bertz CT molecular complexity index is 1150. The van der Waals surface area contributed by atoms with Gasteiger partial charge in [0.1, 0.15) is 5.82 Å². The van der Waals surface area contributed by atoms with Crippen LogP contribution in [-0.4, -0.2) is 12.1 Å². The van der Waals surface area contributed by atoms with Crippen molar-refractivity contribution in [2.75, 3.05) is 0 Å². The molecule has 5 atom stereocenters. The summed E-state index contributed by atoms with van der Waals surface area (Å²) in [4.78, 5) is 13.6. The maximum atomic E-state index is 13.6. The van der Waals surface area contributed by atoms with E-state index in [-0.39, 0.29) is 41.8 Å². The Kier molecular flexibility index (Phi) is 6.66. The van der Waals surface area contributed by atoms with Crippen molar-refractivity contribution in [1.82, 2.24) is 21.5 Å². The van der Waals surface area contributed by atoms with Crippen molar-refractivity contribution >= 4 is 17.5 Å². The van der Waals surface area contributed by atoms with Crippen LogP contribution in [-0.2, 0) is 11.3 Å². The predicted molar refractivity (Wildman–Crippen MR) is 131 cm³/mol. The molecule has 0 saturated carbocycles. The SMILES string of the molecule is Cc1ccc(C2CC(C(=O)NCc3ccccc3Cl)C3C(NNC3c3ccc(F)cc3)N2)cc1. The molecule has 0 bridgehead atoms. The number of halogens is 2. The molecule has 34 heavy (non-hydrogen) atoms. The van der Waals surface area contributed by atoms with E-state index in [0.29, 0.717) is 18.0 Å². The van der Waals surface area contributed by atoms with E-state index in [4.69, 9.17) is 11.6 Å². The molecule has 5 rings (SSSR count). The smallest absolute Gasteiger partial charge is 0.223 e. The van der Waals surface area contributed by atoms with Crippen LogP contribution in [0.4, 0.5) is 4.39 Å². The van der Waals surface area contributed by atoms with E-state index in [9.17, 15) is 9.18 Å². The highest BCUT2D eigenvalue weighted by Gasteiger charge is 2.49.